The van der Waals surface area contributed by atoms with Gasteiger partial charge in [-0.25, -0.2) is 4.39 Å². The number of hydrogen-bond donors (Lipinski definition) is 2. The summed E-state index contributed by atoms with van der Waals surface area (Å²) in [4.78, 5) is 23.7. The van der Waals surface area contributed by atoms with E-state index in [1.807, 2.05) is 0 Å². The van der Waals surface area contributed by atoms with Gasteiger partial charge in [-0.05, 0) is 29.6 Å². The van der Waals surface area contributed by atoms with E-state index in [1.165, 1.54) is 23.5 Å². The number of hydrogen-bond acceptors (Lipinski definition) is 3. The van der Waals surface area contributed by atoms with E-state index < -0.39 is 11.7 Å². The standard InChI is InChI=1S/C13H10ClFN2O2S/c14-8-3-4-10(9(15)6-8)17-12(18)7-16-13(19)11-2-1-5-20-11/h1-6H,7H2,(H,16,19)(H,17,18). The van der Waals surface area contributed by atoms with Crippen LogP contribution in [0.25, 0.3) is 0 Å². The van der Waals surface area contributed by atoms with Crippen LogP contribution in [0.2, 0.25) is 5.02 Å². The van der Waals surface area contributed by atoms with Gasteiger partial charge < -0.3 is 10.6 Å². The highest BCUT2D eigenvalue weighted by Crippen LogP contribution is 2.18. The average molecular weight is 313 g/mol. The van der Waals surface area contributed by atoms with Crippen LogP contribution in [0.4, 0.5) is 10.1 Å². The molecule has 0 aliphatic rings. The van der Waals surface area contributed by atoms with Crippen LogP contribution in [-0.2, 0) is 4.79 Å². The summed E-state index contributed by atoms with van der Waals surface area (Å²) < 4.78 is 13.4. The molecule has 1 aromatic carbocycles. The summed E-state index contributed by atoms with van der Waals surface area (Å²) in [6.07, 6.45) is 0. The highest BCUT2D eigenvalue weighted by Gasteiger charge is 2.10. The summed E-state index contributed by atoms with van der Waals surface area (Å²) in [6.45, 7) is -0.237. The smallest absolute Gasteiger partial charge is 0.261 e. The Bertz CT molecular complexity index is 631. The lowest BCUT2D eigenvalue weighted by atomic mass is 10.3. The summed E-state index contributed by atoms with van der Waals surface area (Å²) in [5.41, 5.74) is 0.0183. The maximum atomic E-state index is 13.4. The van der Waals surface area contributed by atoms with Crippen LogP contribution in [0, 0.1) is 5.82 Å². The lowest BCUT2D eigenvalue weighted by Gasteiger charge is -2.07. The van der Waals surface area contributed by atoms with E-state index in [1.54, 1.807) is 17.5 Å². The monoisotopic (exact) mass is 312 g/mol. The second-order valence-corrected chi connectivity index (χ2v) is 5.22. The molecule has 0 saturated heterocycles. The highest BCUT2D eigenvalue weighted by atomic mass is 35.5. The van der Waals surface area contributed by atoms with E-state index in [-0.39, 0.29) is 23.2 Å². The molecule has 7 heteroatoms. The van der Waals surface area contributed by atoms with Crippen molar-refractivity contribution in [1.29, 1.82) is 0 Å². The third-order valence-corrected chi connectivity index (χ3v) is 3.46. The minimum atomic E-state index is -0.629. The largest absolute Gasteiger partial charge is 0.342 e. The molecule has 1 heterocycles. The van der Waals surface area contributed by atoms with Crippen molar-refractivity contribution in [3.63, 3.8) is 0 Å². The van der Waals surface area contributed by atoms with E-state index in [2.05, 4.69) is 10.6 Å². The fourth-order valence-electron chi connectivity index (χ4n) is 1.44. The van der Waals surface area contributed by atoms with Gasteiger partial charge in [-0.15, -0.1) is 11.3 Å². The molecule has 0 aliphatic heterocycles. The Hall–Kier alpha value is -1.92. The minimum Gasteiger partial charge on any atom is -0.342 e. The normalized spacial score (nSPS) is 10.1. The van der Waals surface area contributed by atoms with E-state index in [9.17, 15) is 14.0 Å². The first-order valence-corrected chi connectivity index (χ1v) is 6.88. The van der Waals surface area contributed by atoms with Gasteiger partial charge in [0.1, 0.15) is 5.82 Å². The number of carbonyl (C=O) groups is 2. The summed E-state index contributed by atoms with van der Waals surface area (Å²) in [5, 5.41) is 6.81. The number of anilines is 1. The molecule has 2 N–H and O–H groups in total. The predicted octanol–water partition coefficient (Wildman–Crippen LogP) is 2.91. The Morgan fingerprint density at radius 2 is 2.10 bits per heavy atom. The van der Waals surface area contributed by atoms with Crippen LogP contribution in [0.15, 0.2) is 35.7 Å². The van der Waals surface area contributed by atoms with Crippen molar-refractivity contribution in [3.8, 4) is 0 Å². The lowest BCUT2D eigenvalue weighted by molar-refractivity contribution is -0.115. The van der Waals surface area contributed by atoms with E-state index in [0.717, 1.165) is 6.07 Å². The van der Waals surface area contributed by atoms with Crippen molar-refractivity contribution in [3.05, 3.63) is 51.4 Å². The molecule has 0 fully saturated rings. The predicted molar refractivity (Wildman–Crippen MR) is 76.7 cm³/mol. The molecule has 2 aromatic rings. The molecule has 0 bridgehead atoms. The first-order chi connectivity index (χ1) is 9.56. The zero-order chi connectivity index (χ0) is 14.5. The maximum absolute atomic E-state index is 13.4. The maximum Gasteiger partial charge on any atom is 0.261 e. The van der Waals surface area contributed by atoms with Crippen LogP contribution >= 0.6 is 22.9 Å². The summed E-state index contributed by atoms with van der Waals surface area (Å²) in [5.74, 6) is -1.49. The highest BCUT2D eigenvalue weighted by molar-refractivity contribution is 7.12. The van der Waals surface area contributed by atoms with Gasteiger partial charge in [0, 0.05) is 5.02 Å². The van der Waals surface area contributed by atoms with E-state index >= 15 is 0 Å². The zero-order valence-electron chi connectivity index (χ0n) is 10.2. The van der Waals surface area contributed by atoms with Gasteiger partial charge in [0.05, 0.1) is 17.1 Å². The van der Waals surface area contributed by atoms with Crippen LogP contribution in [-0.4, -0.2) is 18.4 Å². The zero-order valence-corrected chi connectivity index (χ0v) is 11.7. The van der Waals surface area contributed by atoms with Gasteiger partial charge in [0.2, 0.25) is 5.91 Å². The van der Waals surface area contributed by atoms with Crippen molar-refractivity contribution in [2.75, 3.05) is 11.9 Å². The van der Waals surface area contributed by atoms with Crippen LogP contribution in [0.3, 0.4) is 0 Å². The van der Waals surface area contributed by atoms with Gasteiger partial charge in [0.25, 0.3) is 5.91 Å². The fourth-order valence-corrected chi connectivity index (χ4v) is 2.24. The third kappa shape index (κ3) is 3.79. The van der Waals surface area contributed by atoms with Gasteiger partial charge >= 0.3 is 0 Å². The number of rotatable bonds is 4. The van der Waals surface area contributed by atoms with Crippen molar-refractivity contribution in [1.82, 2.24) is 5.32 Å². The molecule has 2 amide bonds. The number of nitrogens with one attached hydrogen (secondary N) is 2. The Balaban J connectivity index is 1.88. The third-order valence-electron chi connectivity index (χ3n) is 2.36. The second-order valence-electron chi connectivity index (χ2n) is 3.83. The number of amides is 2. The molecule has 104 valence electrons. The fraction of sp³-hybridized carbons (Fsp3) is 0.0769. The van der Waals surface area contributed by atoms with Gasteiger partial charge in [0.15, 0.2) is 0 Å². The first-order valence-electron chi connectivity index (χ1n) is 5.63. The van der Waals surface area contributed by atoms with Gasteiger partial charge in [-0.2, -0.15) is 0 Å². The Morgan fingerprint density at radius 1 is 1.30 bits per heavy atom. The molecule has 0 unspecified atom stereocenters. The Morgan fingerprint density at radius 3 is 2.75 bits per heavy atom. The molecule has 2 rings (SSSR count). The lowest BCUT2D eigenvalue weighted by Crippen LogP contribution is -2.32. The molecular weight excluding hydrogens is 303 g/mol. The Kier molecular flexibility index (Phi) is 4.70. The molecule has 0 aliphatic carbocycles. The summed E-state index contributed by atoms with van der Waals surface area (Å²) in [6, 6.07) is 7.31. The molecular formula is C13H10ClFN2O2S. The molecule has 0 atom stereocenters. The quantitative estimate of drug-likeness (QED) is 0.912. The number of thiophene rings is 1. The SMILES string of the molecule is O=C(CNC(=O)c1cccs1)Nc1ccc(Cl)cc1F. The molecule has 20 heavy (non-hydrogen) atoms. The van der Waals surface area contributed by atoms with Crippen molar-refractivity contribution in [2.45, 2.75) is 0 Å². The summed E-state index contributed by atoms with van der Waals surface area (Å²) >= 11 is 6.88. The molecule has 4 nitrogen and oxygen atoms in total. The molecule has 0 saturated carbocycles. The molecule has 0 radical (unpaired) electrons. The average Bonchev–Trinajstić information content (AvgIpc) is 2.93. The van der Waals surface area contributed by atoms with Crippen LogP contribution in [0.5, 0.6) is 0 Å². The summed E-state index contributed by atoms with van der Waals surface area (Å²) in [7, 11) is 0. The number of benzene rings is 1. The van der Waals surface area contributed by atoms with Crippen LogP contribution in [0.1, 0.15) is 9.67 Å². The first kappa shape index (κ1) is 14.5. The topological polar surface area (TPSA) is 58.2 Å². The van der Waals surface area contributed by atoms with E-state index in [4.69, 9.17) is 11.6 Å². The Labute approximate surface area is 123 Å². The number of carbonyl (C=O) groups excluding carboxylic acids is 2. The van der Waals surface area contributed by atoms with Gasteiger partial charge in [-0.1, -0.05) is 17.7 Å². The molecule has 0 spiro atoms. The molecule has 1 aromatic heterocycles. The van der Waals surface area contributed by atoms with Crippen molar-refractivity contribution in [2.24, 2.45) is 0 Å². The second kappa shape index (κ2) is 6.49. The van der Waals surface area contributed by atoms with Crippen molar-refractivity contribution < 1.29 is 14.0 Å². The minimum absolute atomic E-state index is 0.0183. The van der Waals surface area contributed by atoms with Crippen LogP contribution < -0.4 is 10.6 Å². The number of halogens is 2. The van der Waals surface area contributed by atoms with E-state index in [0.29, 0.717) is 4.88 Å². The van der Waals surface area contributed by atoms with Crippen molar-refractivity contribution >= 4 is 40.4 Å². The van der Waals surface area contributed by atoms with Gasteiger partial charge in [-0.3, -0.25) is 9.59 Å².